The van der Waals surface area contributed by atoms with E-state index in [9.17, 15) is 14.0 Å². The molecule has 1 fully saturated rings. The standard InChI is InChI=1S/C26H32ClFN4O2/c1-16-14-22(27)21(25(33)30-16)15-29-26(34)24-18(3)32(23-7-5-4-6-20(23)24)17(2)19-8-11-31(12-9-19)13-10-28/h4-7,14,17,19H,8-13,15H2,1-3H3,(H,29,34)(H,30,33)/t17-/m1/s1. The molecule has 2 N–H and O–H groups in total. The summed E-state index contributed by atoms with van der Waals surface area (Å²) in [5.41, 5.74) is 3.27. The number of nitrogens with zero attached hydrogens (tertiary/aromatic N) is 2. The molecule has 34 heavy (non-hydrogen) atoms. The van der Waals surface area contributed by atoms with Crippen molar-refractivity contribution in [2.24, 2.45) is 5.92 Å². The number of carbonyl (C=O) groups excluding carboxylic acids is 1. The van der Waals surface area contributed by atoms with Crippen molar-refractivity contribution in [3.63, 3.8) is 0 Å². The number of hydrogen-bond acceptors (Lipinski definition) is 3. The first-order valence-corrected chi connectivity index (χ1v) is 12.2. The van der Waals surface area contributed by atoms with Crippen molar-refractivity contribution in [2.45, 2.75) is 46.2 Å². The Balaban J connectivity index is 1.60. The molecule has 1 aromatic carbocycles. The lowest BCUT2D eigenvalue weighted by molar-refractivity contribution is 0.0951. The number of amides is 1. The third-order valence-electron chi connectivity index (χ3n) is 7.15. The topological polar surface area (TPSA) is 70.1 Å². The van der Waals surface area contributed by atoms with Crippen LogP contribution in [0.3, 0.4) is 0 Å². The number of rotatable bonds is 7. The summed E-state index contributed by atoms with van der Waals surface area (Å²) >= 11 is 6.25. The number of alkyl halides is 1. The first-order valence-electron chi connectivity index (χ1n) is 11.9. The van der Waals surface area contributed by atoms with Crippen LogP contribution in [0.5, 0.6) is 0 Å². The number of benzene rings is 1. The summed E-state index contributed by atoms with van der Waals surface area (Å²) in [6.45, 7) is 8.00. The molecule has 4 rings (SSSR count). The summed E-state index contributed by atoms with van der Waals surface area (Å²) in [6, 6.07) is 9.83. The lowest BCUT2D eigenvalue weighted by Crippen LogP contribution is -2.37. The summed E-state index contributed by atoms with van der Waals surface area (Å²) < 4.78 is 15.0. The van der Waals surface area contributed by atoms with Crippen LogP contribution in [0.15, 0.2) is 35.1 Å². The first-order chi connectivity index (χ1) is 16.3. The number of para-hydroxylation sites is 1. The van der Waals surface area contributed by atoms with Crippen molar-refractivity contribution >= 4 is 28.4 Å². The number of aromatic amines is 1. The van der Waals surface area contributed by atoms with Gasteiger partial charge in [-0.2, -0.15) is 0 Å². The molecule has 0 unspecified atom stereocenters. The highest BCUT2D eigenvalue weighted by Gasteiger charge is 2.29. The Kier molecular flexibility index (Phi) is 7.43. The van der Waals surface area contributed by atoms with Crippen LogP contribution in [-0.4, -0.2) is 46.7 Å². The molecule has 0 aliphatic carbocycles. The number of H-pyrrole nitrogens is 1. The Labute approximate surface area is 204 Å². The molecule has 1 aliphatic rings. The smallest absolute Gasteiger partial charge is 0.254 e. The number of likely N-dealkylation sites (tertiary alicyclic amines) is 1. The number of nitrogens with one attached hydrogen (secondary N) is 2. The van der Waals surface area contributed by atoms with Crippen LogP contribution in [0.4, 0.5) is 4.39 Å². The number of aromatic nitrogens is 2. The Morgan fingerprint density at radius 2 is 1.97 bits per heavy atom. The van der Waals surface area contributed by atoms with E-state index < -0.39 is 0 Å². The number of hydrogen-bond donors (Lipinski definition) is 2. The van der Waals surface area contributed by atoms with E-state index in [-0.39, 0.29) is 30.7 Å². The van der Waals surface area contributed by atoms with Crippen molar-refractivity contribution < 1.29 is 9.18 Å². The fourth-order valence-electron chi connectivity index (χ4n) is 5.29. The van der Waals surface area contributed by atoms with Crippen molar-refractivity contribution in [3.8, 4) is 0 Å². The fraction of sp³-hybridized carbons (Fsp3) is 0.462. The van der Waals surface area contributed by atoms with Gasteiger partial charge in [0.05, 0.1) is 22.7 Å². The number of fused-ring (bicyclic) bond motifs is 1. The molecule has 1 saturated heterocycles. The SMILES string of the molecule is Cc1cc(Cl)c(CNC(=O)c2c(C)n([C@H](C)C3CCN(CCF)CC3)c3ccccc23)c(=O)[nH]1. The molecular formula is C26H32ClFN4O2. The second-order valence-electron chi connectivity index (χ2n) is 9.25. The van der Waals surface area contributed by atoms with Gasteiger partial charge in [-0.15, -0.1) is 0 Å². The maximum absolute atomic E-state index is 13.3. The monoisotopic (exact) mass is 486 g/mol. The quantitative estimate of drug-likeness (QED) is 0.505. The average Bonchev–Trinajstić information content (AvgIpc) is 3.10. The summed E-state index contributed by atoms with van der Waals surface area (Å²) in [5, 5.41) is 4.14. The molecule has 0 bridgehead atoms. The molecule has 1 amide bonds. The van der Waals surface area contributed by atoms with Gasteiger partial charge >= 0.3 is 0 Å². The van der Waals surface area contributed by atoms with Gasteiger partial charge in [0.2, 0.25) is 0 Å². The van der Waals surface area contributed by atoms with Gasteiger partial charge in [-0.3, -0.25) is 9.59 Å². The largest absolute Gasteiger partial charge is 0.348 e. The predicted molar refractivity (Wildman–Crippen MR) is 135 cm³/mol. The highest BCUT2D eigenvalue weighted by atomic mass is 35.5. The molecule has 8 heteroatoms. The van der Waals surface area contributed by atoms with Gasteiger partial charge in [-0.1, -0.05) is 29.8 Å². The van der Waals surface area contributed by atoms with E-state index in [1.165, 1.54) is 0 Å². The van der Waals surface area contributed by atoms with Gasteiger partial charge in [0.15, 0.2) is 0 Å². The summed E-state index contributed by atoms with van der Waals surface area (Å²) in [4.78, 5) is 30.6. The van der Waals surface area contributed by atoms with Gasteiger partial charge in [0.1, 0.15) is 6.67 Å². The second-order valence-corrected chi connectivity index (χ2v) is 9.65. The zero-order valence-corrected chi connectivity index (χ0v) is 20.7. The van der Waals surface area contributed by atoms with E-state index in [0.717, 1.165) is 42.5 Å². The lowest BCUT2D eigenvalue weighted by atomic mass is 9.90. The molecule has 6 nitrogen and oxygen atoms in total. The zero-order valence-electron chi connectivity index (χ0n) is 20.0. The summed E-state index contributed by atoms with van der Waals surface area (Å²) in [7, 11) is 0. The number of piperidine rings is 1. The van der Waals surface area contributed by atoms with Crippen LogP contribution in [0, 0.1) is 19.8 Å². The minimum atomic E-state index is -0.306. The van der Waals surface area contributed by atoms with Crippen LogP contribution in [0.25, 0.3) is 10.9 Å². The van der Waals surface area contributed by atoms with E-state index in [4.69, 9.17) is 11.6 Å². The molecule has 2 aromatic heterocycles. The maximum Gasteiger partial charge on any atom is 0.254 e. The summed E-state index contributed by atoms with van der Waals surface area (Å²) in [6.07, 6.45) is 2.01. The van der Waals surface area contributed by atoms with E-state index in [1.807, 2.05) is 25.1 Å². The van der Waals surface area contributed by atoms with E-state index >= 15 is 0 Å². The molecular weight excluding hydrogens is 455 g/mol. The highest BCUT2D eigenvalue weighted by molar-refractivity contribution is 6.31. The highest BCUT2D eigenvalue weighted by Crippen LogP contribution is 2.35. The summed E-state index contributed by atoms with van der Waals surface area (Å²) in [5.74, 6) is 0.222. The molecule has 3 heterocycles. The first kappa shape index (κ1) is 24.5. The predicted octanol–water partition coefficient (Wildman–Crippen LogP) is 4.77. The van der Waals surface area contributed by atoms with Crippen molar-refractivity contribution in [1.29, 1.82) is 0 Å². The van der Waals surface area contributed by atoms with Gasteiger partial charge in [0, 0.05) is 34.9 Å². The fourth-order valence-corrected chi connectivity index (χ4v) is 5.61. The van der Waals surface area contributed by atoms with Gasteiger partial charge in [0.25, 0.3) is 11.5 Å². The minimum absolute atomic E-state index is 0.0504. The van der Waals surface area contributed by atoms with Crippen molar-refractivity contribution in [2.75, 3.05) is 26.3 Å². The molecule has 0 saturated carbocycles. The third kappa shape index (κ3) is 4.77. The minimum Gasteiger partial charge on any atom is -0.348 e. The second kappa shape index (κ2) is 10.3. The Morgan fingerprint density at radius 3 is 2.65 bits per heavy atom. The number of pyridine rings is 1. The zero-order chi connectivity index (χ0) is 24.4. The lowest BCUT2D eigenvalue weighted by Gasteiger charge is -2.35. The van der Waals surface area contributed by atoms with Crippen LogP contribution in [0.1, 0.15) is 53.1 Å². The van der Waals surface area contributed by atoms with Crippen LogP contribution >= 0.6 is 11.6 Å². The van der Waals surface area contributed by atoms with Gasteiger partial charge < -0.3 is 19.8 Å². The van der Waals surface area contributed by atoms with Crippen LogP contribution in [-0.2, 0) is 6.54 Å². The van der Waals surface area contributed by atoms with Gasteiger partial charge in [-0.05, 0) is 64.8 Å². The third-order valence-corrected chi connectivity index (χ3v) is 7.48. The van der Waals surface area contributed by atoms with Crippen molar-refractivity contribution in [1.82, 2.24) is 19.8 Å². The van der Waals surface area contributed by atoms with E-state index in [0.29, 0.717) is 34.3 Å². The normalized spacial score (nSPS) is 16.1. The molecule has 0 radical (unpaired) electrons. The molecule has 1 aliphatic heterocycles. The maximum atomic E-state index is 13.3. The number of carbonyl (C=O) groups is 1. The van der Waals surface area contributed by atoms with E-state index in [2.05, 4.69) is 32.8 Å². The van der Waals surface area contributed by atoms with Crippen LogP contribution < -0.4 is 10.9 Å². The Morgan fingerprint density at radius 1 is 1.26 bits per heavy atom. The Bertz CT molecular complexity index is 1240. The van der Waals surface area contributed by atoms with E-state index in [1.54, 1.807) is 13.0 Å². The number of halogens is 2. The molecule has 0 spiro atoms. The molecule has 182 valence electrons. The molecule has 1 atom stereocenters. The van der Waals surface area contributed by atoms with Crippen molar-refractivity contribution in [3.05, 3.63) is 68.2 Å². The molecule has 3 aromatic rings. The Hall–Kier alpha value is -2.64. The van der Waals surface area contributed by atoms with Crippen LogP contribution in [0.2, 0.25) is 5.02 Å². The average molecular weight is 487 g/mol. The van der Waals surface area contributed by atoms with Gasteiger partial charge in [-0.25, -0.2) is 4.39 Å². The number of aryl methyl sites for hydroxylation is 1.